The number of carbonyl (C=O) groups is 2. The zero-order chi connectivity index (χ0) is 31.0. The van der Waals surface area contributed by atoms with E-state index in [0.717, 1.165) is 31.5 Å². The number of pyridine rings is 1. The quantitative estimate of drug-likeness (QED) is 0.298. The smallest absolute Gasteiger partial charge is 0.328 e. The molecule has 1 aromatic carbocycles. The van der Waals surface area contributed by atoms with Crippen molar-refractivity contribution in [2.45, 2.75) is 54.8 Å². The number of halogens is 2. The summed E-state index contributed by atoms with van der Waals surface area (Å²) in [6.45, 7) is 4.79. The van der Waals surface area contributed by atoms with Crippen LogP contribution in [0.3, 0.4) is 0 Å². The summed E-state index contributed by atoms with van der Waals surface area (Å²) in [6, 6.07) is 6.03. The number of imide groups is 1. The summed E-state index contributed by atoms with van der Waals surface area (Å²) >= 11 is 7.57. The van der Waals surface area contributed by atoms with Crippen molar-refractivity contribution in [3.8, 4) is 0 Å². The first-order chi connectivity index (χ1) is 21.1. The molecular weight excluding hydrogens is 609 g/mol. The van der Waals surface area contributed by atoms with Crippen LogP contribution in [0.1, 0.15) is 31.7 Å². The number of nitrogens with one attached hydrogen (secondary N) is 2. The number of aromatic nitrogens is 3. The van der Waals surface area contributed by atoms with Gasteiger partial charge in [-0.3, -0.25) is 15.0 Å². The minimum atomic E-state index is -0.611. The molecule has 0 aliphatic carbocycles. The Bertz CT molecular complexity index is 1590. The van der Waals surface area contributed by atoms with Crippen LogP contribution in [0.2, 0.25) is 5.02 Å². The molecule has 6 rings (SSSR count). The second kappa shape index (κ2) is 12.3. The van der Waals surface area contributed by atoms with E-state index in [2.05, 4.69) is 37.4 Å². The molecular formula is C29H33ClFN9O3S. The van der Waals surface area contributed by atoms with E-state index in [1.54, 1.807) is 30.6 Å². The number of nitrogen functional groups attached to an aromatic ring is 2. The largest absolute Gasteiger partial charge is 0.382 e. The highest BCUT2D eigenvalue weighted by Crippen LogP contribution is 2.43. The Balaban J connectivity index is 1.08. The summed E-state index contributed by atoms with van der Waals surface area (Å²) in [4.78, 5) is 40.9. The van der Waals surface area contributed by atoms with Crippen LogP contribution >= 0.6 is 23.4 Å². The standard InChI is InChI=1S/C29H33ClFN9O3S/c1-16-24(35-13-17-2-3-19(18(31)12-17)40-9-5-22(41)38-28(40)42)29(15-43-16)6-10-39(11-7-29)21-14-36-27(26(33)37-21)44-20-4-8-34-25(32)23(20)30/h2-4,8,12,14,16,24,35H,5-7,9-11,13,15H2,1H3,(H2,32,34)(H2,33,37)(H,38,41,42)/t16-,24+/m0/s1. The van der Waals surface area contributed by atoms with Crippen molar-refractivity contribution in [2.24, 2.45) is 5.41 Å². The van der Waals surface area contributed by atoms with Crippen molar-refractivity contribution < 1.29 is 18.7 Å². The number of anilines is 4. The molecule has 1 spiro atoms. The fourth-order valence-electron chi connectivity index (χ4n) is 6.14. The third-order valence-corrected chi connectivity index (χ3v) is 10.1. The molecule has 3 fully saturated rings. The van der Waals surface area contributed by atoms with Crippen LogP contribution in [-0.4, -0.2) is 65.3 Å². The maximum atomic E-state index is 15.0. The highest BCUT2D eigenvalue weighted by atomic mass is 35.5. The second-order valence-electron chi connectivity index (χ2n) is 11.3. The molecule has 2 atom stereocenters. The monoisotopic (exact) mass is 641 g/mol. The average molecular weight is 642 g/mol. The summed E-state index contributed by atoms with van der Waals surface area (Å²) in [5.41, 5.74) is 12.9. The minimum Gasteiger partial charge on any atom is -0.382 e. The van der Waals surface area contributed by atoms with E-state index < -0.39 is 11.8 Å². The molecule has 0 radical (unpaired) electrons. The summed E-state index contributed by atoms with van der Waals surface area (Å²) < 4.78 is 21.2. The van der Waals surface area contributed by atoms with Crippen LogP contribution in [0.5, 0.6) is 0 Å². The minimum absolute atomic E-state index is 0.0129. The van der Waals surface area contributed by atoms with E-state index in [9.17, 15) is 9.59 Å². The molecule has 0 unspecified atom stereocenters. The zero-order valence-electron chi connectivity index (χ0n) is 24.1. The lowest BCUT2D eigenvalue weighted by atomic mass is 9.73. The Morgan fingerprint density at radius 2 is 1.98 bits per heavy atom. The highest BCUT2D eigenvalue weighted by Gasteiger charge is 2.49. The van der Waals surface area contributed by atoms with Gasteiger partial charge in [0.1, 0.15) is 22.5 Å². The first-order valence-corrected chi connectivity index (χ1v) is 15.5. The van der Waals surface area contributed by atoms with Crippen molar-refractivity contribution in [2.75, 3.05) is 47.5 Å². The molecule has 12 nitrogen and oxygen atoms in total. The third kappa shape index (κ3) is 5.99. The number of carbonyl (C=O) groups excluding carboxylic acids is 2. The van der Waals surface area contributed by atoms with E-state index in [4.69, 9.17) is 27.8 Å². The lowest BCUT2D eigenvalue weighted by Gasteiger charge is -2.43. The first kappa shape index (κ1) is 30.3. The normalized spacial score (nSPS) is 21.6. The van der Waals surface area contributed by atoms with Gasteiger partial charge in [0.2, 0.25) is 5.91 Å². The van der Waals surface area contributed by atoms with Crippen LogP contribution < -0.4 is 31.9 Å². The summed E-state index contributed by atoms with van der Waals surface area (Å²) in [7, 11) is 0. The number of nitrogens with zero attached hydrogens (tertiary/aromatic N) is 5. The van der Waals surface area contributed by atoms with Crippen molar-refractivity contribution in [3.05, 3.63) is 53.1 Å². The molecule has 15 heteroatoms. The summed E-state index contributed by atoms with van der Waals surface area (Å²) in [6.07, 6.45) is 5.17. The predicted molar refractivity (Wildman–Crippen MR) is 166 cm³/mol. The molecule has 3 amide bonds. The second-order valence-corrected chi connectivity index (χ2v) is 12.7. The van der Waals surface area contributed by atoms with Crippen LogP contribution in [0.25, 0.3) is 0 Å². The van der Waals surface area contributed by atoms with Crippen molar-refractivity contribution in [1.29, 1.82) is 0 Å². The number of benzene rings is 1. The fraction of sp³-hybridized carbons (Fsp3) is 0.414. The summed E-state index contributed by atoms with van der Waals surface area (Å²) in [5, 5.41) is 6.75. The van der Waals surface area contributed by atoms with Gasteiger partial charge >= 0.3 is 6.03 Å². The fourth-order valence-corrected chi connectivity index (χ4v) is 7.15. The Hall–Kier alpha value is -3.72. The molecule has 3 saturated heterocycles. The third-order valence-electron chi connectivity index (χ3n) is 8.57. The number of hydrogen-bond acceptors (Lipinski definition) is 11. The van der Waals surface area contributed by atoms with E-state index >= 15 is 4.39 Å². The van der Waals surface area contributed by atoms with E-state index in [1.165, 1.54) is 22.7 Å². The van der Waals surface area contributed by atoms with E-state index in [-0.39, 0.29) is 47.9 Å². The van der Waals surface area contributed by atoms with Gasteiger partial charge in [0, 0.05) is 55.1 Å². The predicted octanol–water partition coefficient (Wildman–Crippen LogP) is 3.59. The van der Waals surface area contributed by atoms with Gasteiger partial charge in [-0.15, -0.1) is 0 Å². The highest BCUT2D eigenvalue weighted by molar-refractivity contribution is 7.99. The Kier molecular flexibility index (Phi) is 8.51. The molecule has 5 heterocycles. The van der Waals surface area contributed by atoms with Gasteiger partial charge in [-0.25, -0.2) is 24.1 Å². The average Bonchev–Trinajstić information content (AvgIpc) is 3.30. The Morgan fingerprint density at radius 3 is 2.70 bits per heavy atom. The zero-order valence-corrected chi connectivity index (χ0v) is 25.6. The number of urea groups is 1. The number of amides is 3. The molecule has 232 valence electrons. The number of hydrogen-bond donors (Lipinski definition) is 4. The molecule has 6 N–H and O–H groups in total. The SMILES string of the molecule is C[C@@H]1OCC2(CCN(c3cnc(Sc4ccnc(N)c4Cl)c(N)n3)CC2)[C@@H]1NCc1ccc(N2CCC(=O)NC2=O)c(F)c1. The Morgan fingerprint density at radius 1 is 1.18 bits per heavy atom. The molecule has 44 heavy (non-hydrogen) atoms. The van der Waals surface area contributed by atoms with Gasteiger partial charge in [0.15, 0.2) is 5.82 Å². The van der Waals surface area contributed by atoms with Crippen molar-refractivity contribution in [3.63, 3.8) is 0 Å². The summed E-state index contributed by atoms with van der Waals surface area (Å²) in [5.74, 6) is 0.395. The van der Waals surface area contributed by atoms with Gasteiger partial charge in [-0.05, 0) is 43.5 Å². The van der Waals surface area contributed by atoms with Crippen LogP contribution in [0, 0.1) is 11.2 Å². The van der Waals surface area contributed by atoms with Gasteiger partial charge in [0.05, 0.1) is 29.6 Å². The van der Waals surface area contributed by atoms with Gasteiger partial charge in [-0.2, -0.15) is 0 Å². The topological polar surface area (TPSA) is 165 Å². The molecule has 3 aliphatic heterocycles. The van der Waals surface area contributed by atoms with Crippen LogP contribution in [0.4, 0.5) is 32.3 Å². The maximum absolute atomic E-state index is 15.0. The molecule has 0 saturated carbocycles. The molecule has 3 aromatic rings. The van der Waals surface area contributed by atoms with Gasteiger partial charge in [0.25, 0.3) is 0 Å². The lowest BCUT2D eigenvalue weighted by Crippen LogP contribution is -2.52. The molecule has 3 aliphatic rings. The lowest BCUT2D eigenvalue weighted by molar-refractivity contribution is -0.120. The number of piperidine rings is 1. The van der Waals surface area contributed by atoms with Gasteiger partial charge < -0.3 is 26.4 Å². The number of nitrogens with two attached hydrogens (primary N) is 2. The first-order valence-electron chi connectivity index (χ1n) is 14.3. The number of rotatable bonds is 7. The van der Waals surface area contributed by atoms with Crippen molar-refractivity contribution in [1.82, 2.24) is 25.6 Å². The van der Waals surface area contributed by atoms with E-state index in [1.807, 2.05) is 0 Å². The molecule has 2 aromatic heterocycles. The Labute approximate surface area is 263 Å². The molecule has 0 bridgehead atoms. The number of ether oxygens (including phenoxy) is 1. The maximum Gasteiger partial charge on any atom is 0.328 e. The van der Waals surface area contributed by atoms with E-state index in [0.29, 0.717) is 39.7 Å². The van der Waals surface area contributed by atoms with Crippen molar-refractivity contribution >= 4 is 58.4 Å². The van der Waals surface area contributed by atoms with Crippen LogP contribution in [-0.2, 0) is 16.1 Å². The van der Waals surface area contributed by atoms with Crippen LogP contribution in [0.15, 0.2) is 46.6 Å². The van der Waals surface area contributed by atoms with Gasteiger partial charge in [-0.1, -0.05) is 29.4 Å².